The molecule has 0 saturated carbocycles. The zero-order valence-electron chi connectivity index (χ0n) is 19.3. The second kappa shape index (κ2) is 8.76. The molecule has 3 aliphatic heterocycles. The molecule has 33 heavy (non-hydrogen) atoms. The molecule has 3 fully saturated rings. The number of hydrogen-bond acceptors (Lipinski definition) is 6. The van der Waals surface area contributed by atoms with E-state index in [1.54, 1.807) is 23.1 Å². The summed E-state index contributed by atoms with van der Waals surface area (Å²) in [6.45, 7) is 6.89. The fourth-order valence-corrected chi connectivity index (χ4v) is 5.72. The van der Waals surface area contributed by atoms with Crippen molar-refractivity contribution in [1.29, 1.82) is 5.26 Å². The van der Waals surface area contributed by atoms with E-state index in [1.165, 1.54) is 0 Å². The topological polar surface area (TPSA) is 137 Å². The van der Waals surface area contributed by atoms with Crippen LogP contribution in [0.15, 0.2) is 24.3 Å². The maximum absolute atomic E-state index is 13.2. The zero-order chi connectivity index (χ0) is 24.0. The number of nitrogens with zero attached hydrogens (tertiary/aromatic N) is 4. The van der Waals surface area contributed by atoms with Gasteiger partial charge in [0.2, 0.25) is 17.7 Å². The average molecular weight is 453 g/mol. The molecule has 3 aliphatic rings. The molecule has 9 nitrogen and oxygen atoms in total. The lowest BCUT2D eigenvalue weighted by atomic mass is 10.0. The van der Waals surface area contributed by atoms with Gasteiger partial charge in [-0.25, -0.2) is 0 Å². The number of fused-ring (bicyclic) bond motifs is 2. The monoisotopic (exact) mass is 452 g/mol. The Bertz CT molecular complexity index is 1010. The van der Waals surface area contributed by atoms with E-state index in [-0.39, 0.29) is 41.9 Å². The van der Waals surface area contributed by atoms with Gasteiger partial charge in [-0.05, 0) is 50.3 Å². The second-order valence-corrected chi connectivity index (χ2v) is 9.72. The Morgan fingerprint density at radius 1 is 1.27 bits per heavy atom. The quantitative estimate of drug-likeness (QED) is 0.649. The predicted octanol–water partition coefficient (Wildman–Crippen LogP) is 0.608. The molecule has 7 atom stereocenters. The number of likely N-dealkylation sites (tertiary alicyclic amines) is 3. The lowest BCUT2D eigenvalue weighted by Gasteiger charge is -2.39. The fourth-order valence-electron chi connectivity index (χ4n) is 5.72. The summed E-state index contributed by atoms with van der Waals surface area (Å²) >= 11 is 0. The van der Waals surface area contributed by atoms with E-state index in [2.05, 4.69) is 6.07 Å². The highest BCUT2D eigenvalue weighted by Gasteiger charge is 2.52. The van der Waals surface area contributed by atoms with Gasteiger partial charge in [-0.15, -0.1) is 0 Å². The number of hydrogen-bond donors (Lipinski definition) is 2. The first-order chi connectivity index (χ1) is 15.6. The number of piperazine rings is 1. The van der Waals surface area contributed by atoms with Crippen LogP contribution in [0, 0.1) is 17.2 Å². The Morgan fingerprint density at radius 3 is 2.64 bits per heavy atom. The number of carbonyl (C=O) groups is 3. The fraction of sp³-hybridized carbons (Fsp3) is 0.583. The van der Waals surface area contributed by atoms with Crippen LogP contribution in [-0.4, -0.2) is 75.7 Å². The smallest absolute Gasteiger partial charge is 0.248 e. The van der Waals surface area contributed by atoms with Crippen molar-refractivity contribution in [1.82, 2.24) is 14.7 Å². The number of benzene rings is 1. The molecule has 1 aromatic carbocycles. The number of nitrogens with two attached hydrogens (primary N) is 2. The Hall–Kier alpha value is -2.96. The van der Waals surface area contributed by atoms with Crippen LogP contribution < -0.4 is 11.5 Å². The van der Waals surface area contributed by atoms with Gasteiger partial charge in [-0.3, -0.25) is 19.3 Å². The summed E-state index contributed by atoms with van der Waals surface area (Å²) in [6.07, 6.45) is 1.35. The molecule has 0 radical (unpaired) electrons. The van der Waals surface area contributed by atoms with Crippen LogP contribution in [0.25, 0.3) is 0 Å². The van der Waals surface area contributed by atoms with Crippen molar-refractivity contribution in [2.45, 2.75) is 69.9 Å². The summed E-state index contributed by atoms with van der Waals surface area (Å²) in [5.41, 5.74) is 13.0. The van der Waals surface area contributed by atoms with E-state index in [0.29, 0.717) is 31.5 Å². The summed E-state index contributed by atoms with van der Waals surface area (Å²) < 4.78 is 0. The highest BCUT2D eigenvalue weighted by Crippen LogP contribution is 2.38. The number of nitriles is 1. The lowest BCUT2D eigenvalue weighted by molar-refractivity contribution is -0.141. The molecule has 4 rings (SSSR count). The molecule has 3 amide bonds. The molecule has 0 aliphatic carbocycles. The molecule has 3 saturated heterocycles. The number of amides is 3. The maximum atomic E-state index is 13.2. The highest BCUT2D eigenvalue weighted by molar-refractivity contribution is 5.93. The van der Waals surface area contributed by atoms with Gasteiger partial charge in [0.1, 0.15) is 6.04 Å². The van der Waals surface area contributed by atoms with Gasteiger partial charge >= 0.3 is 0 Å². The number of rotatable bonds is 6. The third-order valence-electron chi connectivity index (χ3n) is 7.73. The van der Waals surface area contributed by atoms with Gasteiger partial charge in [0.25, 0.3) is 0 Å². The molecule has 1 aromatic rings. The van der Waals surface area contributed by atoms with E-state index in [1.807, 2.05) is 36.6 Å². The van der Waals surface area contributed by atoms with Crippen molar-refractivity contribution in [2.24, 2.45) is 17.4 Å². The highest BCUT2D eigenvalue weighted by atomic mass is 16.2. The molecule has 176 valence electrons. The molecule has 3 heterocycles. The zero-order valence-corrected chi connectivity index (χ0v) is 19.3. The van der Waals surface area contributed by atoms with Gasteiger partial charge in [0.05, 0.1) is 24.2 Å². The van der Waals surface area contributed by atoms with Crippen LogP contribution in [0.2, 0.25) is 0 Å². The van der Waals surface area contributed by atoms with E-state index in [4.69, 9.17) is 11.5 Å². The standard InChI is InChI=1S/C24H32N6O3/c1-13-7-18(10-25)29(14(13)2)23(32)20(26)12-28-11-19-9-21(28)24(33)30(19)15(3)16-5-4-6-17(8-16)22(27)31/h4-6,8,13-15,18-21H,7,9,11-12,26H2,1-3H3,(H2,27,31)/t13?,14?,15-,18?,19-,20?,21?/m0/s1. The van der Waals surface area contributed by atoms with Gasteiger partial charge < -0.3 is 21.3 Å². The predicted molar refractivity (Wildman–Crippen MR) is 121 cm³/mol. The molecule has 5 unspecified atom stereocenters. The molecule has 9 heteroatoms. The molecule has 4 N–H and O–H groups in total. The summed E-state index contributed by atoms with van der Waals surface area (Å²) in [4.78, 5) is 43.4. The summed E-state index contributed by atoms with van der Waals surface area (Å²) in [7, 11) is 0. The molecular weight excluding hydrogens is 420 g/mol. The number of primary amides is 1. The largest absolute Gasteiger partial charge is 0.366 e. The first-order valence-electron chi connectivity index (χ1n) is 11.6. The van der Waals surface area contributed by atoms with Crippen molar-refractivity contribution in [3.63, 3.8) is 0 Å². The van der Waals surface area contributed by atoms with Crippen molar-refractivity contribution >= 4 is 17.7 Å². The van der Waals surface area contributed by atoms with Crippen LogP contribution in [0.5, 0.6) is 0 Å². The number of carbonyl (C=O) groups excluding carboxylic acids is 3. The van der Waals surface area contributed by atoms with Gasteiger partial charge in [-0.2, -0.15) is 5.26 Å². The van der Waals surface area contributed by atoms with E-state index in [9.17, 15) is 19.6 Å². The van der Waals surface area contributed by atoms with E-state index < -0.39 is 18.0 Å². The van der Waals surface area contributed by atoms with Gasteiger partial charge in [0.15, 0.2) is 0 Å². The van der Waals surface area contributed by atoms with E-state index in [0.717, 1.165) is 5.56 Å². The molecular formula is C24H32N6O3. The van der Waals surface area contributed by atoms with Crippen LogP contribution >= 0.6 is 0 Å². The van der Waals surface area contributed by atoms with Gasteiger partial charge in [0, 0.05) is 30.7 Å². The maximum Gasteiger partial charge on any atom is 0.248 e. The van der Waals surface area contributed by atoms with Crippen molar-refractivity contribution in [3.05, 3.63) is 35.4 Å². The summed E-state index contributed by atoms with van der Waals surface area (Å²) in [5.74, 6) is -0.454. The summed E-state index contributed by atoms with van der Waals surface area (Å²) in [6, 6.07) is 7.57. The first kappa shape index (κ1) is 23.2. The van der Waals surface area contributed by atoms with Crippen molar-refractivity contribution < 1.29 is 14.4 Å². The Kier molecular flexibility index (Phi) is 6.16. The SMILES string of the molecule is CC1CC(C#N)N(C(=O)C(N)CN2C[C@@H]3CC2C(=O)N3[C@@H](C)c2cccc(C(N)=O)c2)C1C. The normalized spacial score (nSPS) is 31.0. The van der Waals surface area contributed by atoms with Gasteiger partial charge in [-0.1, -0.05) is 19.1 Å². The minimum Gasteiger partial charge on any atom is -0.366 e. The lowest BCUT2D eigenvalue weighted by Crippen LogP contribution is -2.57. The molecule has 0 aromatic heterocycles. The van der Waals surface area contributed by atoms with Crippen molar-refractivity contribution in [3.8, 4) is 6.07 Å². The third kappa shape index (κ3) is 3.98. The van der Waals surface area contributed by atoms with Crippen LogP contribution in [0.1, 0.15) is 55.6 Å². The first-order valence-corrected chi connectivity index (χ1v) is 11.6. The Balaban J connectivity index is 1.42. The molecule has 2 bridgehead atoms. The second-order valence-electron chi connectivity index (χ2n) is 9.72. The Morgan fingerprint density at radius 2 is 2.00 bits per heavy atom. The van der Waals surface area contributed by atoms with Crippen molar-refractivity contribution in [2.75, 3.05) is 13.1 Å². The van der Waals surface area contributed by atoms with E-state index >= 15 is 0 Å². The Labute approximate surface area is 194 Å². The summed E-state index contributed by atoms with van der Waals surface area (Å²) in [5, 5.41) is 9.46. The minimum absolute atomic E-state index is 0.0148. The van der Waals surface area contributed by atoms with Crippen LogP contribution in [0.3, 0.4) is 0 Å². The van der Waals surface area contributed by atoms with Crippen LogP contribution in [-0.2, 0) is 9.59 Å². The third-order valence-corrected chi connectivity index (χ3v) is 7.73. The minimum atomic E-state index is -0.779. The average Bonchev–Trinajstić information content (AvgIpc) is 3.43. The van der Waals surface area contributed by atoms with Crippen LogP contribution in [0.4, 0.5) is 0 Å². The molecule has 0 spiro atoms.